The van der Waals surface area contributed by atoms with E-state index in [4.69, 9.17) is 0 Å². The van der Waals surface area contributed by atoms with Gasteiger partial charge in [0.05, 0.1) is 12.2 Å². The minimum absolute atomic E-state index is 0.259. The maximum absolute atomic E-state index is 12.5. The van der Waals surface area contributed by atoms with Gasteiger partial charge in [0, 0.05) is 15.1 Å². The first kappa shape index (κ1) is 16.7. The highest BCUT2D eigenvalue weighted by atomic mass is 79.9. The Bertz CT molecular complexity index is 959. The van der Waals surface area contributed by atoms with Crippen molar-refractivity contribution in [3.05, 3.63) is 85.2 Å². The van der Waals surface area contributed by atoms with E-state index in [0.29, 0.717) is 12.2 Å². The number of hydrogen-bond donors (Lipinski definition) is 1. The van der Waals surface area contributed by atoms with E-state index in [9.17, 15) is 14.7 Å². The lowest BCUT2D eigenvalue weighted by atomic mass is 10.2. The topological polar surface area (TPSA) is 64.2 Å². The second kappa shape index (κ2) is 6.78. The van der Waals surface area contributed by atoms with Crippen LogP contribution in [-0.2, 0) is 6.54 Å². The summed E-state index contributed by atoms with van der Waals surface area (Å²) in [6, 6.07) is 14.7. The third kappa shape index (κ3) is 3.22. The molecule has 3 rings (SSSR count). The molecule has 0 aliphatic rings. The lowest BCUT2D eigenvalue weighted by molar-refractivity contribution is 0.0695. The molecule has 0 bridgehead atoms. The minimum atomic E-state index is -1.24. The van der Waals surface area contributed by atoms with Crippen LogP contribution in [-0.4, -0.2) is 20.4 Å². The lowest BCUT2D eigenvalue weighted by Gasteiger charge is -2.13. The van der Waals surface area contributed by atoms with Crippen LogP contribution in [0.15, 0.2) is 68.5 Å². The van der Waals surface area contributed by atoms with Crippen molar-refractivity contribution in [1.29, 1.82) is 0 Å². The van der Waals surface area contributed by atoms with Gasteiger partial charge in [0.2, 0.25) is 0 Å². The SMILES string of the molecule is O=C(O)c1cn(Cc2ccccc2Br)n(-c2ccc(Br)cc2)c1=O. The first-order valence-corrected chi connectivity index (χ1v) is 8.61. The Labute approximate surface area is 154 Å². The van der Waals surface area contributed by atoms with Gasteiger partial charge in [-0.1, -0.05) is 50.1 Å². The normalized spacial score (nSPS) is 10.8. The molecule has 1 N–H and O–H groups in total. The van der Waals surface area contributed by atoms with Crippen molar-refractivity contribution < 1.29 is 9.90 Å². The molecular formula is C17H12Br2N2O3. The first-order valence-electron chi connectivity index (χ1n) is 7.02. The van der Waals surface area contributed by atoms with Gasteiger partial charge in [-0.3, -0.25) is 9.48 Å². The van der Waals surface area contributed by atoms with Crippen molar-refractivity contribution >= 4 is 37.8 Å². The zero-order valence-corrected chi connectivity index (χ0v) is 15.5. The molecule has 1 aromatic heterocycles. The Hall–Kier alpha value is -2.12. The molecular weight excluding hydrogens is 440 g/mol. The third-order valence-corrected chi connectivity index (χ3v) is 4.85. The van der Waals surface area contributed by atoms with E-state index in [0.717, 1.165) is 14.5 Å². The quantitative estimate of drug-likeness (QED) is 0.653. The van der Waals surface area contributed by atoms with Crippen molar-refractivity contribution in [2.45, 2.75) is 6.54 Å². The standard InChI is InChI=1S/C17H12Br2N2O3/c18-12-5-7-13(8-6-12)21-16(22)14(17(23)24)10-20(21)9-11-3-1-2-4-15(11)19/h1-8,10H,9H2,(H,23,24). The van der Waals surface area contributed by atoms with E-state index in [-0.39, 0.29) is 5.56 Å². The number of aromatic nitrogens is 2. The van der Waals surface area contributed by atoms with Gasteiger partial charge >= 0.3 is 5.97 Å². The molecule has 0 unspecified atom stereocenters. The van der Waals surface area contributed by atoms with Crippen molar-refractivity contribution in [3.8, 4) is 5.69 Å². The molecule has 0 aliphatic heterocycles. The Kier molecular flexibility index (Phi) is 4.73. The number of carbonyl (C=O) groups is 1. The smallest absolute Gasteiger partial charge is 0.342 e. The molecule has 0 amide bonds. The largest absolute Gasteiger partial charge is 0.477 e. The zero-order chi connectivity index (χ0) is 17.3. The Morgan fingerprint density at radius 1 is 1.04 bits per heavy atom. The molecule has 5 nitrogen and oxygen atoms in total. The average molecular weight is 452 g/mol. The monoisotopic (exact) mass is 450 g/mol. The van der Waals surface area contributed by atoms with E-state index in [1.165, 1.54) is 10.9 Å². The van der Waals surface area contributed by atoms with Crippen LogP contribution in [0.2, 0.25) is 0 Å². The Morgan fingerprint density at radius 3 is 2.33 bits per heavy atom. The molecule has 7 heteroatoms. The number of hydrogen-bond acceptors (Lipinski definition) is 2. The molecule has 3 aromatic rings. The van der Waals surface area contributed by atoms with Gasteiger partial charge in [0.15, 0.2) is 0 Å². The molecule has 0 fully saturated rings. The predicted molar refractivity (Wildman–Crippen MR) is 97.9 cm³/mol. The highest BCUT2D eigenvalue weighted by molar-refractivity contribution is 9.10. The molecule has 0 saturated heterocycles. The van der Waals surface area contributed by atoms with E-state index in [1.54, 1.807) is 28.9 Å². The van der Waals surface area contributed by atoms with Crippen molar-refractivity contribution in [2.75, 3.05) is 0 Å². The highest BCUT2D eigenvalue weighted by Crippen LogP contribution is 2.19. The molecule has 122 valence electrons. The lowest BCUT2D eigenvalue weighted by Crippen LogP contribution is -2.24. The molecule has 0 aliphatic carbocycles. The molecule has 0 radical (unpaired) electrons. The maximum atomic E-state index is 12.5. The van der Waals surface area contributed by atoms with E-state index < -0.39 is 11.5 Å². The fourth-order valence-electron chi connectivity index (χ4n) is 2.40. The summed E-state index contributed by atoms with van der Waals surface area (Å²) in [7, 11) is 0. The van der Waals surface area contributed by atoms with E-state index in [2.05, 4.69) is 31.9 Å². The number of aromatic carboxylic acids is 1. The zero-order valence-electron chi connectivity index (χ0n) is 12.3. The van der Waals surface area contributed by atoms with E-state index >= 15 is 0 Å². The average Bonchev–Trinajstić information content (AvgIpc) is 2.87. The summed E-state index contributed by atoms with van der Waals surface area (Å²) >= 11 is 6.83. The van der Waals surface area contributed by atoms with Gasteiger partial charge in [-0.15, -0.1) is 0 Å². The number of carboxylic acid groups (broad SMARTS) is 1. The summed E-state index contributed by atoms with van der Waals surface area (Å²) in [5.74, 6) is -1.24. The van der Waals surface area contributed by atoms with Gasteiger partial charge in [0.1, 0.15) is 5.56 Å². The van der Waals surface area contributed by atoms with Gasteiger partial charge in [-0.05, 0) is 35.9 Å². The van der Waals surface area contributed by atoms with Crippen LogP contribution >= 0.6 is 31.9 Å². The van der Waals surface area contributed by atoms with Crippen molar-refractivity contribution in [3.63, 3.8) is 0 Å². The van der Waals surface area contributed by atoms with Gasteiger partial charge in [-0.2, -0.15) is 0 Å². The summed E-state index contributed by atoms with van der Waals surface area (Å²) in [4.78, 5) is 23.9. The Morgan fingerprint density at radius 2 is 1.71 bits per heavy atom. The number of nitrogens with zero attached hydrogens (tertiary/aromatic N) is 2. The van der Waals surface area contributed by atoms with Crippen LogP contribution in [0.1, 0.15) is 15.9 Å². The van der Waals surface area contributed by atoms with Crippen LogP contribution in [0.5, 0.6) is 0 Å². The summed E-state index contributed by atoms with van der Waals surface area (Å²) in [5, 5.41) is 9.27. The minimum Gasteiger partial charge on any atom is -0.477 e. The Balaban J connectivity index is 2.16. The van der Waals surface area contributed by atoms with Crippen LogP contribution in [0.25, 0.3) is 5.69 Å². The van der Waals surface area contributed by atoms with Gasteiger partial charge in [-0.25, -0.2) is 9.48 Å². The molecule has 24 heavy (non-hydrogen) atoms. The predicted octanol–water partition coefficient (Wildman–Crippen LogP) is 3.91. The van der Waals surface area contributed by atoms with Gasteiger partial charge in [0.25, 0.3) is 5.56 Å². The van der Waals surface area contributed by atoms with Crippen LogP contribution < -0.4 is 5.56 Å². The number of halogens is 2. The summed E-state index contributed by atoms with van der Waals surface area (Å²) in [5.41, 5.74) is 0.722. The van der Waals surface area contributed by atoms with Crippen molar-refractivity contribution in [1.82, 2.24) is 9.36 Å². The van der Waals surface area contributed by atoms with Crippen LogP contribution in [0, 0.1) is 0 Å². The fraction of sp³-hybridized carbons (Fsp3) is 0.0588. The number of carboxylic acids is 1. The van der Waals surface area contributed by atoms with Crippen LogP contribution in [0.3, 0.4) is 0 Å². The third-order valence-electron chi connectivity index (χ3n) is 3.55. The first-order chi connectivity index (χ1) is 11.5. The summed E-state index contributed by atoms with van der Waals surface area (Å²) < 4.78 is 4.75. The van der Waals surface area contributed by atoms with Crippen LogP contribution in [0.4, 0.5) is 0 Å². The fourth-order valence-corrected chi connectivity index (χ4v) is 3.08. The number of rotatable bonds is 4. The molecule has 0 saturated carbocycles. The van der Waals surface area contributed by atoms with Gasteiger partial charge < -0.3 is 5.11 Å². The maximum Gasteiger partial charge on any atom is 0.342 e. The molecule has 0 atom stereocenters. The summed E-state index contributed by atoms with van der Waals surface area (Å²) in [6.07, 6.45) is 1.37. The second-order valence-electron chi connectivity index (χ2n) is 5.13. The van der Waals surface area contributed by atoms with Crippen molar-refractivity contribution in [2.24, 2.45) is 0 Å². The summed E-state index contributed by atoms with van der Waals surface area (Å²) in [6.45, 7) is 0.361. The number of benzene rings is 2. The van der Waals surface area contributed by atoms with E-state index in [1.807, 2.05) is 24.3 Å². The molecule has 1 heterocycles. The molecule has 2 aromatic carbocycles. The highest BCUT2D eigenvalue weighted by Gasteiger charge is 2.18. The second-order valence-corrected chi connectivity index (χ2v) is 6.90. The molecule has 0 spiro atoms.